The normalized spacial score (nSPS) is 10.1. The number of nitrogens with one attached hydrogen (secondary N) is 2. The minimum atomic E-state index is -0.381. The Bertz CT molecular complexity index is 634. The Morgan fingerprint density at radius 1 is 1.18 bits per heavy atom. The molecule has 7 nitrogen and oxygen atoms in total. The van der Waals surface area contributed by atoms with Gasteiger partial charge in [-0.1, -0.05) is 6.07 Å². The zero-order chi connectivity index (χ0) is 15.8. The molecule has 7 heteroatoms. The van der Waals surface area contributed by atoms with Gasteiger partial charge in [0.1, 0.15) is 18.0 Å². The van der Waals surface area contributed by atoms with Crippen molar-refractivity contribution in [2.24, 2.45) is 0 Å². The van der Waals surface area contributed by atoms with Crippen LogP contribution in [-0.2, 0) is 9.47 Å². The Morgan fingerprint density at radius 3 is 2.77 bits per heavy atom. The van der Waals surface area contributed by atoms with Crippen LogP contribution in [0.1, 0.15) is 10.4 Å². The zero-order valence-corrected chi connectivity index (χ0v) is 12.5. The van der Waals surface area contributed by atoms with Crippen LogP contribution in [0.2, 0.25) is 0 Å². The van der Waals surface area contributed by atoms with Gasteiger partial charge in [0.05, 0.1) is 19.3 Å². The number of anilines is 3. The van der Waals surface area contributed by atoms with Gasteiger partial charge in [-0.15, -0.1) is 0 Å². The highest BCUT2D eigenvalue weighted by Crippen LogP contribution is 2.17. The fourth-order valence-corrected chi connectivity index (χ4v) is 1.79. The van der Waals surface area contributed by atoms with E-state index in [2.05, 4.69) is 20.6 Å². The second-order valence-corrected chi connectivity index (χ2v) is 4.41. The van der Waals surface area contributed by atoms with E-state index >= 15 is 0 Å². The first-order chi connectivity index (χ1) is 10.7. The van der Waals surface area contributed by atoms with E-state index in [1.54, 1.807) is 31.4 Å². The fourth-order valence-electron chi connectivity index (χ4n) is 1.79. The van der Waals surface area contributed by atoms with Gasteiger partial charge < -0.3 is 20.1 Å². The average Bonchev–Trinajstić information content (AvgIpc) is 2.55. The molecular formula is C15H18N4O3. The summed E-state index contributed by atoms with van der Waals surface area (Å²) in [5, 5.41) is 6.24. The Morgan fingerprint density at radius 2 is 2.00 bits per heavy atom. The van der Waals surface area contributed by atoms with E-state index in [4.69, 9.17) is 9.47 Å². The Labute approximate surface area is 128 Å². The minimum Gasteiger partial charge on any atom is -0.465 e. The highest BCUT2D eigenvalue weighted by Gasteiger charge is 2.06. The second-order valence-electron chi connectivity index (χ2n) is 4.41. The molecule has 0 aliphatic carbocycles. The molecule has 0 saturated heterocycles. The van der Waals surface area contributed by atoms with Crippen molar-refractivity contribution in [2.75, 3.05) is 38.0 Å². The third kappa shape index (κ3) is 4.42. The maximum atomic E-state index is 11.5. The summed E-state index contributed by atoms with van der Waals surface area (Å²) in [6, 6.07) is 8.78. The van der Waals surface area contributed by atoms with Crippen LogP contribution in [-0.4, -0.2) is 43.3 Å². The van der Waals surface area contributed by atoms with Crippen molar-refractivity contribution < 1.29 is 14.3 Å². The predicted octanol–water partition coefficient (Wildman–Crippen LogP) is 2.07. The van der Waals surface area contributed by atoms with Crippen LogP contribution in [0.3, 0.4) is 0 Å². The van der Waals surface area contributed by atoms with Crippen LogP contribution in [0, 0.1) is 0 Å². The number of hydrogen-bond donors (Lipinski definition) is 2. The first-order valence-corrected chi connectivity index (χ1v) is 6.73. The molecule has 0 aliphatic rings. The molecule has 0 fully saturated rings. The van der Waals surface area contributed by atoms with Gasteiger partial charge in [-0.3, -0.25) is 0 Å². The van der Waals surface area contributed by atoms with Crippen molar-refractivity contribution in [1.29, 1.82) is 0 Å². The molecule has 0 amide bonds. The molecule has 116 valence electrons. The van der Waals surface area contributed by atoms with Crippen molar-refractivity contribution in [3.63, 3.8) is 0 Å². The van der Waals surface area contributed by atoms with E-state index in [9.17, 15) is 4.79 Å². The van der Waals surface area contributed by atoms with Gasteiger partial charge in [0.2, 0.25) is 0 Å². The SMILES string of the molecule is COCCNc1cc(Nc2cccc(C(=O)OC)c2)ncn1. The molecule has 1 heterocycles. The summed E-state index contributed by atoms with van der Waals surface area (Å²) in [5.41, 5.74) is 1.21. The van der Waals surface area contributed by atoms with Gasteiger partial charge in [-0.05, 0) is 18.2 Å². The lowest BCUT2D eigenvalue weighted by molar-refractivity contribution is 0.0601. The maximum absolute atomic E-state index is 11.5. The first-order valence-electron chi connectivity index (χ1n) is 6.73. The summed E-state index contributed by atoms with van der Waals surface area (Å²) in [5.74, 6) is 0.934. The van der Waals surface area contributed by atoms with Crippen LogP contribution >= 0.6 is 0 Å². The molecule has 1 aromatic heterocycles. The number of carbonyl (C=O) groups excluding carboxylic acids is 1. The lowest BCUT2D eigenvalue weighted by Gasteiger charge is -2.09. The number of hydrogen-bond acceptors (Lipinski definition) is 7. The molecule has 2 rings (SSSR count). The molecule has 1 aromatic carbocycles. The number of benzene rings is 1. The van der Waals surface area contributed by atoms with Crippen molar-refractivity contribution in [3.8, 4) is 0 Å². The highest BCUT2D eigenvalue weighted by molar-refractivity contribution is 5.90. The van der Waals surface area contributed by atoms with Crippen molar-refractivity contribution in [2.45, 2.75) is 0 Å². The summed E-state index contributed by atoms with van der Waals surface area (Å²) < 4.78 is 9.67. The summed E-state index contributed by atoms with van der Waals surface area (Å²) >= 11 is 0. The summed E-state index contributed by atoms with van der Waals surface area (Å²) in [6.45, 7) is 1.25. The molecule has 0 saturated carbocycles. The lowest BCUT2D eigenvalue weighted by Crippen LogP contribution is -2.09. The van der Waals surface area contributed by atoms with Gasteiger partial charge in [-0.25, -0.2) is 14.8 Å². The van der Waals surface area contributed by atoms with Gasteiger partial charge >= 0.3 is 5.97 Å². The van der Waals surface area contributed by atoms with E-state index in [-0.39, 0.29) is 5.97 Å². The van der Waals surface area contributed by atoms with Gasteiger partial charge in [0.15, 0.2) is 0 Å². The summed E-state index contributed by atoms with van der Waals surface area (Å²) in [7, 11) is 2.99. The molecule has 0 bridgehead atoms. The third-order valence-electron chi connectivity index (χ3n) is 2.84. The van der Waals surface area contributed by atoms with E-state index in [1.807, 2.05) is 6.07 Å². The quantitative estimate of drug-likeness (QED) is 0.598. The number of carbonyl (C=O) groups is 1. The van der Waals surface area contributed by atoms with Gasteiger partial charge in [-0.2, -0.15) is 0 Å². The Hall–Kier alpha value is -2.67. The minimum absolute atomic E-state index is 0.381. The molecule has 0 aliphatic heterocycles. The van der Waals surface area contributed by atoms with E-state index < -0.39 is 0 Å². The number of esters is 1. The van der Waals surface area contributed by atoms with Gasteiger partial charge in [0.25, 0.3) is 0 Å². The Kier molecular flexibility index (Phi) is 5.67. The standard InChI is InChI=1S/C15H18N4O3/c1-21-7-6-16-13-9-14(18-10-17-13)19-12-5-3-4-11(8-12)15(20)22-2/h3-5,8-10H,6-7H2,1-2H3,(H2,16,17,18,19). The molecule has 2 N–H and O–H groups in total. The second kappa shape index (κ2) is 7.94. The van der Waals surface area contributed by atoms with E-state index in [1.165, 1.54) is 13.4 Å². The summed E-state index contributed by atoms with van der Waals surface area (Å²) in [6.07, 6.45) is 1.46. The molecule has 0 unspecified atom stereocenters. The number of rotatable bonds is 7. The summed E-state index contributed by atoms with van der Waals surface area (Å²) in [4.78, 5) is 19.8. The number of aromatic nitrogens is 2. The van der Waals surface area contributed by atoms with E-state index in [0.717, 1.165) is 5.69 Å². The lowest BCUT2D eigenvalue weighted by atomic mass is 10.2. The molecule has 0 spiro atoms. The van der Waals surface area contributed by atoms with Crippen LogP contribution in [0.15, 0.2) is 36.7 Å². The fraction of sp³-hybridized carbons (Fsp3) is 0.267. The monoisotopic (exact) mass is 302 g/mol. The third-order valence-corrected chi connectivity index (χ3v) is 2.84. The molecular weight excluding hydrogens is 284 g/mol. The number of ether oxygens (including phenoxy) is 2. The predicted molar refractivity (Wildman–Crippen MR) is 83.5 cm³/mol. The van der Waals surface area contributed by atoms with Gasteiger partial charge in [0, 0.05) is 25.4 Å². The van der Waals surface area contributed by atoms with Crippen LogP contribution in [0.25, 0.3) is 0 Å². The Balaban J connectivity index is 2.07. The van der Waals surface area contributed by atoms with Crippen molar-refractivity contribution in [1.82, 2.24) is 9.97 Å². The highest BCUT2D eigenvalue weighted by atomic mass is 16.5. The van der Waals surface area contributed by atoms with Crippen LogP contribution in [0.5, 0.6) is 0 Å². The largest absolute Gasteiger partial charge is 0.465 e. The molecule has 22 heavy (non-hydrogen) atoms. The van der Waals surface area contributed by atoms with Crippen molar-refractivity contribution >= 4 is 23.3 Å². The first kappa shape index (κ1) is 15.7. The van der Waals surface area contributed by atoms with Crippen LogP contribution < -0.4 is 10.6 Å². The molecule has 0 radical (unpaired) electrons. The zero-order valence-electron chi connectivity index (χ0n) is 12.5. The van der Waals surface area contributed by atoms with Crippen molar-refractivity contribution in [3.05, 3.63) is 42.2 Å². The number of methoxy groups -OCH3 is 2. The smallest absolute Gasteiger partial charge is 0.337 e. The van der Waals surface area contributed by atoms with Crippen LogP contribution in [0.4, 0.5) is 17.3 Å². The topological polar surface area (TPSA) is 85.4 Å². The number of nitrogens with zero attached hydrogens (tertiary/aromatic N) is 2. The molecule has 2 aromatic rings. The molecule has 0 atom stereocenters. The maximum Gasteiger partial charge on any atom is 0.337 e. The van der Waals surface area contributed by atoms with E-state index in [0.29, 0.717) is 30.4 Å². The average molecular weight is 302 g/mol.